The summed E-state index contributed by atoms with van der Waals surface area (Å²) in [6, 6.07) is 6.56. The minimum Gasteiger partial charge on any atom is -0.336 e. The number of amides is 1. The first-order valence-corrected chi connectivity index (χ1v) is 8.71. The number of carbonyl (C=O) groups excluding carboxylic acids is 1. The van der Waals surface area contributed by atoms with Crippen LogP contribution in [0.2, 0.25) is 0 Å². The van der Waals surface area contributed by atoms with Crippen molar-refractivity contribution in [1.82, 2.24) is 10.2 Å². The van der Waals surface area contributed by atoms with Crippen molar-refractivity contribution in [2.24, 2.45) is 5.92 Å². The van der Waals surface area contributed by atoms with Crippen LogP contribution >= 0.6 is 0 Å². The Kier molecular flexibility index (Phi) is 6.73. The smallest absolute Gasteiger partial charge is 0.269 e. The topological polar surface area (TPSA) is 75.5 Å². The Hall–Kier alpha value is -1.95. The van der Waals surface area contributed by atoms with E-state index in [9.17, 15) is 14.9 Å². The lowest BCUT2D eigenvalue weighted by molar-refractivity contribution is -0.384. The van der Waals surface area contributed by atoms with Crippen molar-refractivity contribution in [3.63, 3.8) is 0 Å². The van der Waals surface area contributed by atoms with Crippen molar-refractivity contribution < 1.29 is 9.72 Å². The van der Waals surface area contributed by atoms with Crippen molar-refractivity contribution in [2.75, 3.05) is 13.1 Å². The number of nitro benzene ring substituents is 1. The van der Waals surface area contributed by atoms with E-state index < -0.39 is 4.92 Å². The van der Waals surface area contributed by atoms with E-state index in [1.165, 1.54) is 12.1 Å². The first-order valence-electron chi connectivity index (χ1n) is 8.71. The van der Waals surface area contributed by atoms with Crippen molar-refractivity contribution in [3.8, 4) is 0 Å². The molecule has 1 heterocycles. The molecule has 0 aromatic heterocycles. The molecular weight excluding hydrogens is 306 g/mol. The Morgan fingerprint density at radius 3 is 2.46 bits per heavy atom. The van der Waals surface area contributed by atoms with Crippen LogP contribution in [-0.2, 0) is 11.3 Å². The Balaban J connectivity index is 1.92. The Bertz CT molecular complexity index is 551. The van der Waals surface area contributed by atoms with Crippen LogP contribution in [0.5, 0.6) is 0 Å². The molecule has 0 radical (unpaired) electrons. The molecule has 132 valence electrons. The second kappa shape index (κ2) is 8.78. The third kappa shape index (κ3) is 5.30. The monoisotopic (exact) mass is 333 g/mol. The summed E-state index contributed by atoms with van der Waals surface area (Å²) in [5, 5.41) is 14.1. The minimum atomic E-state index is -0.409. The maximum atomic E-state index is 12.6. The molecule has 6 heteroatoms. The zero-order chi connectivity index (χ0) is 17.5. The van der Waals surface area contributed by atoms with E-state index in [2.05, 4.69) is 5.32 Å². The van der Waals surface area contributed by atoms with Crippen LogP contribution in [0.25, 0.3) is 0 Å². The molecule has 1 N–H and O–H groups in total. The summed E-state index contributed by atoms with van der Waals surface area (Å²) in [5.74, 6) is 0.811. The average molecular weight is 333 g/mol. The molecule has 0 spiro atoms. The quantitative estimate of drug-likeness (QED) is 0.614. The summed E-state index contributed by atoms with van der Waals surface area (Å²) < 4.78 is 0. The Morgan fingerprint density at radius 2 is 1.92 bits per heavy atom. The molecule has 2 rings (SSSR count). The van der Waals surface area contributed by atoms with Gasteiger partial charge in [0.2, 0.25) is 5.91 Å². The van der Waals surface area contributed by atoms with E-state index in [4.69, 9.17) is 0 Å². The maximum absolute atomic E-state index is 12.6. The number of rotatable bonds is 7. The van der Waals surface area contributed by atoms with Crippen molar-refractivity contribution in [1.29, 1.82) is 0 Å². The predicted octanol–water partition coefficient (Wildman–Crippen LogP) is 3.11. The van der Waals surface area contributed by atoms with Crippen LogP contribution in [0.1, 0.15) is 45.1 Å². The van der Waals surface area contributed by atoms with Gasteiger partial charge in [0.1, 0.15) is 0 Å². The zero-order valence-electron chi connectivity index (χ0n) is 14.5. The first kappa shape index (κ1) is 18.4. The van der Waals surface area contributed by atoms with Crippen LogP contribution in [0.15, 0.2) is 24.3 Å². The van der Waals surface area contributed by atoms with Crippen molar-refractivity contribution in [2.45, 2.75) is 52.1 Å². The van der Waals surface area contributed by atoms with E-state index in [1.807, 2.05) is 18.7 Å². The van der Waals surface area contributed by atoms with E-state index in [-0.39, 0.29) is 17.6 Å². The number of hydrogen-bond acceptors (Lipinski definition) is 4. The summed E-state index contributed by atoms with van der Waals surface area (Å²) >= 11 is 0. The fraction of sp³-hybridized carbons (Fsp3) is 0.611. The predicted molar refractivity (Wildman–Crippen MR) is 93.6 cm³/mol. The molecule has 6 nitrogen and oxygen atoms in total. The summed E-state index contributed by atoms with van der Waals surface area (Å²) in [5.41, 5.74) is 0.997. The molecule has 0 saturated carbocycles. The maximum Gasteiger partial charge on any atom is 0.269 e. The van der Waals surface area contributed by atoms with Crippen molar-refractivity contribution in [3.05, 3.63) is 39.9 Å². The van der Waals surface area contributed by atoms with Crippen molar-refractivity contribution >= 4 is 11.6 Å². The standard InChI is InChI=1S/C18H27N3O3/c1-14(2)20(13-16-3-6-17(7-4-16)21(23)24)18(22)8-5-15-9-11-19-12-10-15/h3-4,6-7,14-15,19H,5,8-13H2,1-2H3. The third-order valence-electron chi connectivity index (χ3n) is 4.67. The lowest BCUT2D eigenvalue weighted by Gasteiger charge is -2.28. The van der Waals surface area contributed by atoms with Gasteiger partial charge < -0.3 is 10.2 Å². The number of nitrogens with zero attached hydrogens (tertiary/aromatic N) is 2. The molecule has 1 amide bonds. The molecular formula is C18H27N3O3. The second-order valence-corrected chi connectivity index (χ2v) is 6.77. The largest absolute Gasteiger partial charge is 0.336 e. The van der Waals surface area contributed by atoms with Crippen LogP contribution in [0, 0.1) is 16.0 Å². The van der Waals surface area contributed by atoms with Gasteiger partial charge in [0.15, 0.2) is 0 Å². The van der Waals surface area contributed by atoms with Crippen LogP contribution in [-0.4, -0.2) is 34.9 Å². The highest BCUT2D eigenvalue weighted by Crippen LogP contribution is 2.20. The molecule has 1 saturated heterocycles. The molecule has 0 aliphatic carbocycles. The average Bonchev–Trinajstić information content (AvgIpc) is 2.58. The minimum absolute atomic E-state index is 0.0760. The lowest BCUT2D eigenvalue weighted by atomic mass is 9.93. The molecule has 0 atom stereocenters. The van der Waals surface area contributed by atoms with E-state index >= 15 is 0 Å². The molecule has 1 aliphatic rings. The van der Waals surface area contributed by atoms with Gasteiger partial charge in [-0.05, 0) is 57.7 Å². The normalized spacial score (nSPS) is 15.5. The van der Waals surface area contributed by atoms with Gasteiger partial charge in [0.25, 0.3) is 5.69 Å². The van der Waals surface area contributed by atoms with Gasteiger partial charge in [0.05, 0.1) is 4.92 Å². The van der Waals surface area contributed by atoms with E-state index in [0.717, 1.165) is 37.9 Å². The van der Waals surface area contributed by atoms with Gasteiger partial charge >= 0.3 is 0 Å². The van der Waals surface area contributed by atoms with E-state index in [0.29, 0.717) is 18.9 Å². The fourth-order valence-electron chi connectivity index (χ4n) is 3.12. The Labute approximate surface area is 143 Å². The Morgan fingerprint density at radius 1 is 1.29 bits per heavy atom. The molecule has 0 bridgehead atoms. The fourth-order valence-corrected chi connectivity index (χ4v) is 3.12. The molecule has 24 heavy (non-hydrogen) atoms. The number of nitrogens with one attached hydrogen (secondary N) is 1. The number of carbonyl (C=O) groups is 1. The zero-order valence-corrected chi connectivity index (χ0v) is 14.5. The molecule has 1 fully saturated rings. The highest BCUT2D eigenvalue weighted by molar-refractivity contribution is 5.76. The van der Waals surface area contributed by atoms with Gasteiger partial charge in [-0.15, -0.1) is 0 Å². The number of hydrogen-bond donors (Lipinski definition) is 1. The summed E-state index contributed by atoms with van der Waals surface area (Å²) in [6.45, 7) is 6.62. The number of benzene rings is 1. The summed E-state index contributed by atoms with van der Waals surface area (Å²) in [7, 11) is 0. The van der Waals surface area contributed by atoms with Crippen LogP contribution in [0.3, 0.4) is 0 Å². The third-order valence-corrected chi connectivity index (χ3v) is 4.67. The van der Waals surface area contributed by atoms with E-state index in [1.54, 1.807) is 12.1 Å². The number of nitro groups is 1. The number of non-ortho nitro benzene ring substituents is 1. The first-order chi connectivity index (χ1) is 11.5. The molecule has 0 unspecified atom stereocenters. The summed E-state index contributed by atoms with van der Waals surface area (Å²) in [6.07, 6.45) is 3.83. The molecule has 1 aromatic carbocycles. The highest BCUT2D eigenvalue weighted by Gasteiger charge is 2.20. The molecule has 1 aromatic rings. The van der Waals surface area contributed by atoms with Crippen LogP contribution in [0.4, 0.5) is 5.69 Å². The van der Waals surface area contributed by atoms with Crippen LogP contribution < -0.4 is 5.32 Å². The number of piperidine rings is 1. The highest BCUT2D eigenvalue weighted by atomic mass is 16.6. The van der Waals surface area contributed by atoms with Gasteiger partial charge in [-0.25, -0.2) is 0 Å². The van der Waals surface area contributed by atoms with Gasteiger partial charge in [-0.1, -0.05) is 12.1 Å². The molecule has 1 aliphatic heterocycles. The van der Waals surface area contributed by atoms with Gasteiger partial charge in [-0.2, -0.15) is 0 Å². The summed E-state index contributed by atoms with van der Waals surface area (Å²) in [4.78, 5) is 24.8. The SMILES string of the molecule is CC(C)N(Cc1ccc([N+](=O)[O-])cc1)C(=O)CCC1CCNCC1. The lowest BCUT2D eigenvalue weighted by Crippen LogP contribution is -2.37. The van der Waals surface area contributed by atoms with Gasteiger partial charge in [0, 0.05) is 31.1 Å². The second-order valence-electron chi connectivity index (χ2n) is 6.77. The van der Waals surface area contributed by atoms with Gasteiger partial charge in [-0.3, -0.25) is 14.9 Å².